The van der Waals surface area contributed by atoms with Crippen LogP contribution in [0.1, 0.15) is 13.8 Å². The second-order valence-electron chi connectivity index (χ2n) is 7.40. The van der Waals surface area contributed by atoms with Gasteiger partial charge < -0.3 is 19.9 Å². The Labute approximate surface area is 180 Å². The molecule has 1 N–H and O–H groups in total. The molecule has 1 heterocycles. The largest absolute Gasteiger partial charge is 0.481 e. The van der Waals surface area contributed by atoms with E-state index in [1.54, 1.807) is 24.3 Å². The first-order valence-corrected chi connectivity index (χ1v) is 10.2. The molecule has 6 nitrogen and oxygen atoms in total. The molecule has 1 aliphatic rings. The lowest BCUT2D eigenvalue weighted by atomic mass is 10.1. The maximum Gasteiger partial charge on any atom is 0.262 e. The SMILES string of the molecule is CC(C)C(=O)N1CCN(c2ccc(NC(=O)COc3ccccc3F)cc2Cl)CC1. The molecule has 2 amide bonds. The van der Waals surface area contributed by atoms with E-state index in [9.17, 15) is 14.0 Å². The van der Waals surface area contributed by atoms with Gasteiger partial charge in [-0.15, -0.1) is 0 Å². The molecule has 0 radical (unpaired) electrons. The van der Waals surface area contributed by atoms with Crippen LogP contribution in [0.25, 0.3) is 0 Å². The number of halogens is 2. The lowest BCUT2D eigenvalue weighted by molar-refractivity contribution is -0.134. The molecule has 3 rings (SSSR count). The normalized spacial score (nSPS) is 14.0. The van der Waals surface area contributed by atoms with Crippen LogP contribution in [0.4, 0.5) is 15.8 Å². The van der Waals surface area contributed by atoms with Gasteiger partial charge in [0.25, 0.3) is 5.91 Å². The zero-order valence-corrected chi connectivity index (χ0v) is 17.8. The minimum absolute atomic E-state index is 0.00889. The van der Waals surface area contributed by atoms with Gasteiger partial charge in [-0.2, -0.15) is 0 Å². The van der Waals surface area contributed by atoms with Crippen LogP contribution >= 0.6 is 11.6 Å². The summed E-state index contributed by atoms with van der Waals surface area (Å²) >= 11 is 6.43. The molecule has 0 unspecified atom stereocenters. The van der Waals surface area contributed by atoms with Gasteiger partial charge in [0.1, 0.15) is 0 Å². The van der Waals surface area contributed by atoms with E-state index in [4.69, 9.17) is 16.3 Å². The summed E-state index contributed by atoms with van der Waals surface area (Å²) in [5.41, 5.74) is 1.38. The maximum absolute atomic E-state index is 13.5. The highest BCUT2D eigenvalue weighted by Crippen LogP contribution is 2.30. The number of nitrogens with one attached hydrogen (secondary N) is 1. The zero-order valence-electron chi connectivity index (χ0n) is 17.0. The van der Waals surface area contributed by atoms with Crippen molar-refractivity contribution in [2.45, 2.75) is 13.8 Å². The third kappa shape index (κ3) is 5.42. The van der Waals surface area contributed by atoms with E-state index >= 15 is 0 Å². The van der Waals surface area contributed by atoms with E-state index in [1.165, 1.54) is 12.1 Å². The van der Waals surface area contributed by atoms with E-state index in [1.807, 2.05) is 24.8 Å². The number of hydrogen-bond acceptors (Lipinski definition) is 4. The average molecular weight is 434 g/mol. The Kier molecular flexibility index (Phi) is 7.15. The Hall–Kier alpha value is -2.80. The molecule has 0 atom stereocenters. The fourth-order valence-corrected chi connectivity index (χ4v) is 3.58. The molecule has 30 heavy (non-hydrogen) atoms. The molecule has 1 saturated heterocycles. The number of rotatable bonds is 6. The summed E-state index contributed by atoms with van der Waals surface area (Å²) in [7, 11) is 0. The highest BCUT2D eigenvalue weighted by atomic mass is 35.5. The predicted octanol–water partition coefficient (Wildman–Crippen LogP) is 3.80. The van der Waals surface area contributed by atoms with Gasteiger partial charge in [-0.1, -0.05) is 37.6 Å². The van der Waals surface area contributed by atoms with Crippen LogP contribution in [-0.2, 0) is 9.59 Å². The van der Waals surface area contributed by atoms with E-state index < -0.39 is 11.7 Å². The molecule has 0 saturated carbocycles. The van der Waals surface area contributed by atoms with Crippen molar-refractivity contribution in [1.82, 2.24) is 4.90 Å². The number of amides is 2. The van der Waals surface area contributed by atoms with Crippen LogP contribution in [0, 0.1) is 11.7 Å². The topological polar surface area (TPSA) is 61.9 Å². The Balaban J connectivity index is 1.54. The first-order valence-electron chi connectivity index (χ1n) is 9.85. The van der Waals surface area contributed by atoms with Crippen LogP contribution in [-0.4, -0.2) is 49.5 Å². The smallest absolute Gasteiger partial charge is 0.262 e. The summed E-state index contributed by atoms with van der Waals surface area (Å²) < 4.78 is 18.8. The number of anilines is 2. The third-order valence-electron chi connectivity index (χ3n) is 4.85. The van der Waals surface area contributed by atoms with E-state index in [0.717, 1.165) is 5.69 Å². The quantitative estimate of drug-likeness (QED) is 0.752. The molecule has 8 heteroatoms. The summed E-state index contributed by atoms with van der Waals surface area (Å²) in [5.74, 6) is -0.756. The number of piperazine rings is 1. The number of carbonyl (C=O) groups excluding carboxylic acids is 2. The third-order valence-corrected chi connectivity index (χ3v) is 5.16. The van der Waals surface area contributed by atoms with Gasteiger partial charge in [-0.25, -0.2) is 4.39 Å². The standard InChI is InChI=1S/C22H25ClFN3O3/c1-15(2)22(29)27-11-9-26(10-12-27)19-8-7-16(13-17(19)23)25-21(28)14-30-20-6-4-3-5-18(20)24/h3-8,13,15H,9-12,14H2,1-2H3,(H,25,28). The van der Waals surface area contributed by atoms with Gasteiger partial charge >= 0.3 is 0 Å². The van der Waals surface area contributed by atoms with E-state index in [2.05, 4.69) is 10.2 Å². The summed E-state index contributed by atoms with van der Waals surface area (Å²) in [4.78, 5) is 28.2. The van der Waals surface area contributed by atoms with Gasteiger partial charge in [-0.05, 0) is 30.3 Å². The fourth-order valence-electron chi connectivity index (χ4n) is 3.28. The summed E-state index contributed by atoms with van der Waals surface area (Å²) in [6, 6.07) is 11.2. The zero-order chi connectivity index (χ0) is 21.7. The lowest BCUT2D eigenvalue weighted by Gasteiger charge is -2.37. The van der Waals surface area contributed by atoms with E-state index in [-0.39, 0.29) is 24.2 Å². The molecule has 2 aromatic rings. The average Bonchev–Trinajstić information content (AvgIpc) is 2.73. The summed E-state index contributed by atoms with van der Waals surface area (Å²) in [6.45, 7) is 6.19. The molecule has 0 spiro atoms. The van der Waals surface area contributed by atoms with Crippen LogP contribution < -0.4 is 15.0 Å². The predicted molar refractivity (Wildman–Crippen MR) is 116 cm³/mol. The molecular formula is C22H25ClFN3O3. The summed E-state index contributed by atoms with van der Waals surface area (Å²) in [5, 5.41) is 3.20. The number of para-hydroxylation sites is 1. The van der Waals surface area contributed by atoms with Crippen molar-refractivity contribution in [1.29, 1.82) is 0 Å². The van der Waals surface area contributed by atoms with Crippen molar-refractivity contribution in [2.75, 3.05) is 43.0 Å². The Bertz CT molecular complexity index is 914. The van der Waals surface area contributed by atoms with Crippen LogP contribution in [0.15, 0.2) is 42.5 Å². The number of carbonyl (C=O) groups is 2. The maximum atomic E-state index is 13.5. The number of ether oxygens (including phenoxy) is 1. The van der Waals surface area contributed by atoms with Crippen LogP contribution in [0.3, 0.4) is 0 Å². The van der Waals surface area contributed by atoms with Crippen molar-refractivity contribution >= 4 is 34.8 Å². The Morgan fingerprint density at radius 3 is 2.47 bits per heavy atom. The van der Waals surface area contributed by atoms with E-state index in [0.29, 0.717) is 36.9 Å². The number of hydrogen-bond donors (Lipinski definition) is 1. The van der Waals surface area contributed by atoms with Crippen molar-refractivity contribution in [3.8, 4) is 5.75 Å². The van der Waals surface area contributed by atoms with Gasteiger partial charge in [0.15, 0.2) is 18.2 Å². The summed E-state index contributed by atoms with van der Waals surface area (Å²) in [6.07, 6.45) is 0. The minimum Gasteiger partial charge on any atom is -0.481 e. The van der Waals surface area contributed by atoms with Crippen molar-refractivity contribution in [2.24, 2.45) is 5.92 Å². The number of nitrogens with zero attached hydrogens (tertiary/aromatic N) is 2. The fraction of sp³-hybridized carbons (Fsp3) is 0.364. The highest BCUT2D eigenvalue weighted by molar-refractivity contribution is 6.33. The molecular weight excluding hydrogens is 409 g/mol. The Morgan fingerprint density at radius 1 is 1.13 bits per heavy atom. The van der Waals surface area contributed by atoms with Gasteiger partial charge in [0.05, 0.1) is 10.7 Å². The van der Waals surface area contributed by atoms with Crippen LogP contribution in [0.5, 0.6) is 5.75 Å². The molecule has 1 fully saturated rings. The molecule has 1 aliphatic heterocycles. The molecule has 0 bridgehead atoms. The van der Waals surface area contributed by atoms with Gasteiger partial charge in [0.2, 0.25) is 5.91 Å². The molecule has 0 aliphatic carbocycles. The van der Waals surface area contributed by atoms with Gasteiger partial charge in [0, 0.05) is 37.8 Å². The minimum atomic E-state index is -0.520. The van der Waals surface area contributed by atoms with Crippen molar-refractivity contribution in [3.63, 3.8) is 0 Å². The first-order chi connectivity index (χ1) is 14.3. The Morgan fingerprint density at radius 2 is 1.83 bits per heavy atom. The lowest BCUT2D eigenvalue weighted by Crippen LogP contribution is -2.50. The van der Waals surface area contributed by atoms with Gasteiger partial charge in [-0.3, -0.25) is 9.59 Å². The molecule has 160 valence electrons. The second-order valence-corrected chi connectivity index (χ2v) is 7.81. The molecule has 0 aromatic heterocycles. The monoisotopic (exact) mass is 433 g/mol. The second kappa shape index (κ2) is 9.80. The van der Waals surface area contributed by atoms with Crippen LogP contribution in [0.2, 0.25) is 5.02 Å². The van der Waals surface area contributed by atoms with Crippen molar-refractivity contribution < 1.29 is 18.7 Å². The number of benzene rings is 2. The van der Waals surface area contributed by atoms with Crippen molar-refractivity contribution in [3.05, 3.63) is 53.3 Å². The first kappa shape index (κ1) is 21.9. The highest BCUT2D eigenvalue weighted by Gasteiger charge is 2.24. The molecule has 2 aromatic carbocycles.